The molecular weight excluding hydrogens is 220 g/mol. The molecule has 0 unspecified atom stereocenters. The Labute approximate surface area is 107 Å². The number of rotatable bonds is 4. The minimum Gasteiger partial charge on any atom is -0.355 e. The molecule has 0 atom stereocenters. The van der Waals surface area contributed by atoms with Crippen molar-refractivity contribution in [2.75, 3.05) is 5.32 Å². The molecule has 0 amide bonds. The molecule has 18 heavy (non-hydrogen) atoms. The fraction of sp³-hybridized carbons (Fsp3) is 0.0625. The summed E-state index contributed by atoms with van der Waals surface area (Å²) >= 11 is 0. The molecule has 0 radical (unpaired) electrons. The van der Waals surface area contributed by atoms with Crippen molar-refractivity contribution in [2.45, 2.75) is 6.42 Å². The lowest BCUT2D eigenvalue weighted by atomic mass is 10.1. The van der Waals surface area contributed by atoms with E-state index in [2.05, 4.69) is 11.4 Å². The van der Waals surface area contributed by atoms with Crippen LogP contribution in [0, 0.1) is 11.3 Å². The Hall–Kier alpha value is -2.53. The molecule has 0 aliphatic heterocycles. The van der Waals surface area contributed by atoms with Crippen LogP contribution in [0.1, 0.15) is 12.0 Å². The van der Waals surface area contributed by atoms with Gasteiger partial charge in [-0.15, -0.1) is 0 Å². The molecule has 0 saturated carbocycles. The van der Waals surface area contributed by atoms with E-state index in [1.165, 1.54) is 0 Å². The normalized spacial score (nSPS) is 10.2. The third kappa shape index (κ3) is 3.23. The summed E-state index contributed by atoms with van der Waals surface area (Å²) in [5, 5.41) is 11.9. The van der Waals surface area contributed by atoms with E-state index in [-0.39, 0.29) is 0 Å². The lowest BCUT2D eigenvalue weighted by Gasteiger charge is -2.09. The van der Waals surface area contributed by atoms with Gasteiger partial charge in [0.15, 0.2) is 0 Å². The van der Waals surface area contributed by atoms with Crippen molar-refractivity contribution in [1.29, 1.82) is 5.26 Å². The van der Waals surface area contributed by atoms with Gasteiger partial charge in [-0.1, -0.05) is 48.6 Å². The molecule has 0 aromatic heterocycles. The van der Waals surface area contributed by atoms with Crippen LogP contribution in [-0.2, 0) is 0 Å². The molecule has 2 aromatic carbocycles. The van der Waals surface area contributed by atoms with Crippen LogP contribution in [0.25, 0.3) is 6.08 Å². The van der Waals surface area contributed by atoms with Gasteiger partial charge in [0.05, 0.1) is 12.5 Å². The number of hydrogen-bond donors (Lipinski definition) is 1. The number of hydrogen-bond acceptors (Lipinski definition) is 2. The summed E-state index contributed by atoms with van der Waals surface area (Å²) in [6, 6.07) is 20.2. The van der Waals surface area contributed by atoms with Crippen LogP contribution >= 0.6 is 0 Å². The van der Waals surface area contributed by atoms with Gasteiger partial charge in [-0.05, 0) is 23.8 Å². The SMILES string of the molecule is N#CCC=Cc1ccccc1Nc1ccccc1. The second-order valence-corrected chi connectivity index (χ2v) is 3.84. The van der Waals surface area contributed by atoms with Gasteiger partial charge in [0.25, 0.3) is 0 Å². The van der Waals surface area contributed by atoms with Gasteiger partial charge in [-0.2, -0.15) is 5.26 Å². The number of nitrogens with zero attached hydrogens (tertiary/aromatic N) is 1. The third-order valence-electron chi connectivity index (χ3n) is 2.52. The predicted octanol–water partition coefficient (Wildman–Crippen LogP) is 4.36. The molecule has 88 valence electrons. The Morgan fingerprint density at radius 1 is 1.00 bits per heavy atom. The lowest BCUT2D eigenvalue weighted by Crippen LogP contribution is -1.92. The number of nitrogens with one attached hydrogen (secondary N) is 1. The molecule has 0 heterocycles. The molecule has 0 fully saturated rings. The number of allylic oxidation sites excluding steroid dienone is 1. The fourth-order valence-electron chi connectivity index (χ4n) is 1.67. The first-order valence-electron chi connectivity index (χ1n) is 5.85. The van der Waals surface area contributed by atoms with E-state index < -0.39 is 0 Å². The molecule has 0 aliphatic carbocycles. The Kier molecular flexibility index (Phi) is 4.16. The van der Waals surface area contributed by atoms with Gasteiger partial charge in [0.1, 0.15) is 0 Å². The molecule has 0 spiro atoms. The van der Waals surface area contributed by atoms with Gasteiger partial charge < -0.3 is 5.32 Å². The minimum atomic E-state index is 0.430. The van der Waals surface area contributed by atoms with Crippen molar-refractivity contribution < 1.29 is 0 Å². The van der Waals surface area contributed by atoms with Gasteiger partial charge in [0.2, 0.25) is 0 Å². The highest BCUT2D eigenvalue weighted by molar-refractivity contribution is 5.71. The third-order valence-corrected chi connectivity index (χ3v) is 2.52. The lowest BCUT2D eigenvalue weighted by molar-refractivity contribution is 1.36. The summed E-state index contributed by atoms with van der Waals surface area (Å²) in [6.07, 6.45) is 4.26. The second kappa shape index (κ2) is 6.27. The Bertz CT molecular complexity index is 565. The zero-order valence-electron chi connectivity index (χ0n) is 10.0. The quantitative estimate of drug-likeness (QED) is 0.853. The minimum absolute atomic E-state index is 0.430. The predicted molar refractivity (Wildman–Crippen MR) is 75.4 cm³/mol. The average molecular weight is 234 g/mol. The summed E-state index contributed by atoms with van der Waals surface area (Å²) in [4.78, 5) is 0. The van der Waals surface area contributed by atoms with Gasteiger partial charge in [0, 0.05) is 11.4 Å². The molecule has 2 rings (SSSR count). The zero-order chi connectivity index (χ0) is 12.6. The van der Waals surface area contributed by atoms with Crippen molar-refractivity contribution >= 4 is 17.5 Å². The summed E-state index contributed by atoms with van der Waals surface area (Å²) in [5.74, 6) is 0. The van der Waals surface area contributed by atoms with Crippen molar-refractivity contribution in [3.8, 4) is 6.07 Å². The Morgan fingerprint density at radius 3 is 2.50 bits per heavy atom. The van der Waals surface area contributed by atoms with E-state index >= 15 is 0 Å². The van der Waals surface area contributed by atoms with Crippen LogP contribution in [-0.4, -0.2) is 0 Å². The monoisotopic (exact) mass is 234 g/mol. The number of nitriles is 1. The zero-order valence-corrected chi connectivity index (χ0v) is 10.0. The highest BCUT2D eigenvalue weighted by Gasteiger charge is 1.98. The smallest absolute Gasteiger partial charge is 0.0663 e. The van der Waals surface area contributed by atoms with Crippen molar-refractivity contribution in [1.82, 2.24) is 0 Å². The van der Waals surface area contributed by atoms with E-state index in [4.69, 9.17) is 5.26 Å². The van der Waals surface area contributed by atoms with Crippen molar-refractivity contribution in [3.05, 3.63) is 66.2 Å². The molecule has 0 bridgehead atoms. The van der Waals surface area contributed by atoms with Gasteiger partial charge in [-0.3, -0.25) is 0 Å². The topological polar surface area (TPSA) is 35.8 Å². The maximum absolute atomic E-state index is 8.53. The highest BCUT2D eigenvalue weighted by atomic mass is 14.9. The largest absolute Gasteiger partial charge is 0.355 e. The molecule has 2 heteroatoms. The number of anilines is 2. The maximum atomic E-state index is 8.53. The first-order valence-corrected chi connectivity index (χ1v) is 5.85. The molecule has 2 nitrogen and oxygen atoms in total. The first kappa shape index (κ1) is 11.9. The number of para-hydroxylation sites is 2. The fourth-order valence-corrected chi connectivity index (χ4v) is 1.67. The molecule has 0 saturated heterocycles. The summed E-state index contributed by atoms with van der Waals surface area (Å²) in [5.41, 5.74) is 3.17. The van der Waals surface area contributed by atoms with Crippen LogP contribution < -0.4 is 5.32 Å². The Morgan fingerprint density at radius 2 is 1.72 bits per heavy atom. The standard InChI is InChI=1S/C16H14N2/c17-13-7-6-9-14-8-4-5-12-16(14)18-15-10-2-1-3-11-15/h1-6,8-12,18H,7H2. The van der Waals surface area contributed by atoms with Crippen LogP contribution in [0.2, 0.25) is 0 Å². The van der Waals surface area contributed by atoms with E-state index in [1.54, 1.807) is 0 Å². The van der Waals surface area contributed by atoms with Crippen LogP contribution in [0.4, 0.5) is 11.4 Å². The van der Waals surface area contributed by atoms with Crippen LogP contribution in [0.5, 0.6) is 0 Å². The van der Waals surface area contributed by atoms with E-state index in [1.807, 2.05) is 66.7 Å². The maximum Gasteiger partial charge on any atom is 0.0663 e. The summed E-state index contributed by atoms with van der Waals surface area (Å²) < 4.78 is 0. The van der Waals surface area contributed by atoms with Gasteiger partial charge in [-0.25, -0.2) is 0 Å². The molecule has 0 aliphatic rings. The van der Waals surface area contributed by atoms with E-state index in [9.17, 15) is 0 Å². The summed E-state index contributed by atoms with van der Waals surface area (Å²) in [6.45, 7) is 0. The molecule has 1 N–H and O–H groups in total. The average Bonchev–Trinajstić information content (AvgIpc) is 2.42. The van der Waals surface area contributed by atoms with E-state index in [0.717, 1.165) is 16.9 Å². The molecule has 2 aromatic rings. The van der Waals surface area contributed by atoms with Crippen LogP contribution in [0.3, 0.4) is 0 Å². The Balaban J connectivity index is 2.20. The molecular formula is C16H14N2. The van der Waals surface area contributed by atoms with E-state index in [0.29, 0.717) is 6.42 Å². The van der Waals surface area contributed by atoms with Crippen molar-refractivity contribution in [2.24, 2.45) is 0 Å². The van der Waals surface area contributed by atoms with Gasteiger partial charge >= 0.3 is 0 Å². The first-order chi connectivity index (χ1) is 8.90. The van der Waals surface area contributed by atoms with Crippen LogP contribution in [0.15, 0.2) is 60.7 Å². The van der Waals surface area contributed by atoms with Crippen molar-refractivity contribution in [3.63, 3.8) is 0 Å². The number of benzene rings is 2. The highest BCUT2D eigenvalue weighted by Crippen LogP contribution is 2.21. The summed E-state index contributed by atoms with van der Waals surface area (Å²) in [7, 11) is 0. The second-order valence-electron chi connectivity index (χ2n) is 3.84.